The number of nitrogens with one attached hydrogen (secondary N) is 1. The molecule has 0 unspecified atom stereocenters. The molecule has 16 heavy (non-hydrogen) atoms. The molecule has 4 N–H and O–H groups in total. The Labute approximate surface area is 94.5 Å². The summed E-state index contributed by atoms with van der Waals surface area (Å²) in [5.41, 5.74) is 6.88. The zero-order valence-electron chi connectivity index (χ0n) is 9.07. The maximum atomic E-state index is 10.9. The molecule has 0 radical (unpaired) electrons. The lowest BCUT2D eigenvalue weighted by Crippen LogP contribution is -2.21. The van der Waals surface area contributed by atoms with Crippen LogP contribution >= 0.6 is 0 Å². The summed E-state index contributed by atoms with van der Waals surface area (Å²) in [5, 5.41) is 12.2. The Morgan fingerprint density at radius 1 is 1.50 bits per heavy atom. The molecule has 0 spiro atoms. The molecule has 4 heteroatoms. The number of carboxylic acid groups (broad SMARTS) is 1. The SMILES string of the molecule is Nc1ccc(NCC2CCC2)cc1C(=O)O. The minimum atomic E-state index is -0.982. The molecule has 0 saturated heterocycles. The zero-order chi connectivity index (χ0) is 11.5. The van der Waals surface area contributed by atoms with Crippen molar-refractivity contribution in [3.05, 3.63) is 23.8 Å². The fraction of sp³-hybridized carbons (Fsp3) is 0.417. The van der Waals surface area contributed by atoms with Gasteiger partial charge in [-0.3, -0.25) is 0 Å². The van der Waals surface area contributed by atoms with E-state index in [1.165, 1.54) is 19.3 Å². The fourth-order valence-electron chi connectivity index (χ4n) is 1.81. The highest BCUT2D eigenvalue weighted by molar-refractivity contribution is 5.94. The molecule has 1 aliphatic carbocycles. The molecule has 1 aromatic carbocycles. The second kappa shape index (κ2) is 4.43. The van der Waals surface area contributed by atoms with Gasteiger partial charge in [0.1, 0.15) is 0 Å². The highest BCUT2D eigenvalue weighted by Crippen LogP contribution is 2.27. The summed E-state index contributed by atoms with van der Waals surface area (Å²) in [4.78, 5) is 10.9. The van der Waals surface area contributed by atoms with Crippen molar-refractivity contribution < 1.29 is 9.90 Å². The Bertz CT molecular complexity index is 400. The van der Waals surface area contributed by atoms with Crippen molar-refractivity contribution >= 4 is 17.3 Å². The summed E-state index contributed by atoms with van der Waals surface area (Å²) in [6.45, 7) is 0.920. The number of rotatable bonds is 4. The van der Waals surface area contributed by atoms with Gasteiger partial charge in [-0.05, 0) is 37.0 Å². The third-order valence-corrected chi connectivity index (χ3v) is 3.10. The van der Waals surface area contributed by atoms with Crippen LogP contribution in [-0.4, -0.2) is 17.6 Å². The molecule has 1 aromatic rings. The van der Waals surface area contributed by atoms with Crippen LogP contribution in [0, 0.1) is 5.92 Å². The van der Waals surface area contributed by atoms with Crippen LogP contribution in [0.25, 0.3) is 0 Å². The fourth-order valence-corrected chi connectivity index (χ4v) is 1.81. The molecular weight excluding hydrogens is 204 g/mol. The van der Waals surface area contributed by atoms with Gasteiger partial charge in [-0.15, -0.1) is 0 Å². The molecule has 0 aromatic heterocycles. The van der Waals surface area contributed by atoms with Crippen molar-refractivity contribution in [2.45, 2.75) is 19.3 Å². The van der Waals surface area contributed by atoms with Gasteiger partial charge in [-0.2, -0.15) is 0 Å². The first kappa shape index (κ1) is 10.8. The van der Waals surface area contributed by atoms with E-state index in [1.54, 1.807) is 12.1 Å². The molecular formula is C12H16N2O2. The molecule has 1 fully saturated rings. The summed E-state index contributed by atoms with van der Waals surface area (Å²) in [5.74, 6) is -0.240. The van der Waals surface area contributed by atoms with E-state index in [2.05, 4.69) is 5.32 Å². The second-order valence-electron chi connectivity index (χ2n) is 4.29. The van der Waals surface area contributed by atoms with E-state index >= 15 is 0 Å². The number of benzene rings is 1. The van der Waals surface area contributed by atoms with Crippen LogP contribution in [0.3, 0.4) is 0 Å². The van der Waals surface area contributed by atoms with Gasteiger partial charge in [0.05, 0.1) is 5.56 Å². The maximum Gasteiger partial charge on any atom is 0.337 e. The lowest BCUT2D eigenvalue weighted by molar-refractivity contribution is 0.0698. The van der Waals surface area contributed by atoms with E-state index in [0.717, 1.165) is 18.2 Å². The van der Waals surface area contributed by atoms with Gasteiger partial charge in [0.2, 0.25) is 0 Å². The standard InChI is InChI=1S/C12H16N2O2/c13-11-5-4-9(6-10(11)12(15)16)14-7-8-2-1-3-8/h4-6,8,14H,1-3,7,13H2,(H,15,16). The van der Waals surface area contributed by atoms with Gasteiger partial charge in [-0.25, -0.2) is 4.79 Å². The highest BCUT2D eigenvalue weighted by atomic mass is 16.4. The number of nitrogens with two attached hydrogens (primary N) is 1. The van der Waals surface area contributed by atoms with Crippen molar-refractivity contribution in [2.24, 2.45) is 5.92 Å². The van der Waals surface area contributed by atoms with Crippen molar-refractivity contribution in [3.63, 3.8) is 0 Å². The third kappa shape index (κ3) is 2.27. The second-order valence-corrected chi connectivity index (χ2v) is 4.29. The molecule has 86 valence electrons. The predicted molar refractivity (Wildman–Crippen MR) is 63.6 cm³/mol. The predicted octanol–water partition coefficient (Wildman–Crippen LogP) is 2.18. The molecule has 2 rings (SSSR count). The Balaban J connectivity index is 2.03. The van der Waals surface area contributed by atoms with Crippen molar-refractivity contribution in [1.29, 1.82) is 0 Å². The number of anilines is 2. The minimum absolute atomic E-state index is 0.165. The number of carbonyl (C=O) groups is 1. The Morgan fingerprint density at radius 3 is 2.81 bits per heavy atom. The van der Waals surface area contributed by atoms with Crippen LogP contribution in [0.1, 0.15) is 29.6 Å². The van der Waals surface area contributed by atoms with Gasteiger partial charge < -0.3 is 16.2 Å². The average Bonchev–Trinajstić information content (AvgIpc) is 2.17. The number of hydrogen-bond donors (Lipinski definition) is 3. The Morgan fingerprint density at radius 2 is 2.25 bits per heavy atom. The third-order valence-electron chi connectivity index (χ3n) is 3.10. The maximum absolute atomic E-state index is 10.9. The molecule has 0 heterocycles. The normalized spacial score (nSPS) is 15.5. The molecule has 4 nitrogen and oxygen atoms in total. The summed E-state index contributed by atoms with van der Waals surface area (Å²) >= 11 is 0. The van der Waals surface area contributed by atoms with Crippen LogP contribution in [0.2, 0.25) is 0 Å². The van der Waals surface area contributed by atoms with E-state index in [1.807, 2.05) is 6.07 Å². The van der Waals surface area contributed by atoms with Crippen LogP contribution in [0.5, 0.6) is 0 Å². The Kier molecular flexibility index (Phi) is 2.99. The molecule has 0 aliphatic heterocycles. The molecule has 0 amide bonds. The van der Waals surface area contributed by atoms with Crippen molar-refractivity contribution in [3.8, 4) is 0 Å². The van der Waals surface area contributed by atoms with Crippen LogP contribution in [-0.2, 0) is 0 Å². The monoisotopic (exact) mass is 220 g/mol. The lowest BCUT2D eigenvalue weighted by atomic mass is 9.85. The van der Waals surface area contributed by atoms with Gasteiger partial charge in [-0.1, -0.05) is 6.42 Å². The first-order valence-corrected chi connectivity index (χ1v) is 5.53. The summed E-state index contributed by atoms with van der Waals surface area (Å²) in [7, 11) is 0. The van der Waals surface area contributed by atoms with E-state index in [4.69, 9.17) is 10.8 Å². The lowest BCUT2D eigenvalue weighted by Gasteiger charge is -2.25. The summed E-state index contributed by atoms with van der Waals surface area (Å²) < 4.78 is 0. The Hall–Kier alpha value is -1.71. The van der Waals surface area contributed by atoms with Gasteiger partial charge in [0, 0.05) is 17.9 Å². The number of nitrogen functional groups attached to an aromatic ring is 1. The molecule has 1 saturated carbocycles. The number of aromatic carboxylic acids is 1. The van der Waals surface area contributed by atoms with Crippen LogP contribution < -0.4 is 11.1 Å². The number of carboxylic acids is 1. The topological polar surface area (TPSA) is 75.3 Å². The average molecular weight is 220 g/mol. The van der Waals surface area contributed by atoms with Gasteiger partial charge in [0.15, 0.2) is 0 Å². The van der Waals surface area contributed by atoms with Crippen molar-refractivity contribution in [1.82, 2.24) is 0 Å². The smallest absolute Gasteiger partial charge is 0.337 e. The first-order valence-electron chi connectivity index (χ1n) is 5.53. The molecule has 0 bridgehead atoms. The summed E-state index contributed by atoms with van der Waals surface area (Å²) in [6.07, 6.45) is 3.86. The molecule has 1 aliphatic rings. The molecule has 0 atom stereocenters. The number of hydrogen-bond acceptors (Lipinski definition) is 3. The van der Waals surface area contributed by atoms with Crippen LogP contribution in [0.15, 0.2) is 18.2 Å². The first-order chi connectivity index (χ1) is 7.66. The zero-order valence-corrected chi connectivity index (χ0v) is 9.07. The summed E-state index contributed by atoms with van der Waals surface area (Å²) in [6, 6.07) is 5.04. The minimum Gasteiger partial charge on any atom is -0.478 e. The largest absolute Gasteiger partial charge is 0.478 e. The van der Waals surface area contributed by atoms with Gasteiger partial charge in [0.25, 0.3) is 0 Å². The van der Waals surface area contributed by atoms with Crippen LogP contribution in [0.4, 0.5) is 11.4 Å². The van der Waals surface area contributed by atoms with E-state index < -0.39 is 5.97 Å². The van der Waals surface area contributed by atoms with E-state index in [9.17, 15) is 4.79 Å². The van der Waals surface area contributed by atoms with E-state index in [-0.39, 0.29) is 5.56 Å². The van der Waals surface area contributed by atoms with Gasteiger partial charge >= 0.3 is 5.97 Å². The quantitative estimate of drug-likeness (QED) is 0.680. The van der Waals surface area contributed by atoms with Crippen molar-refractivity contribution in [2.75, 3.05) is 17.6 Å². The highest BCUT2D eigenvalue weighted by Gasteiger charge is 2.17. The van der Waals surface area contributed by atoms with E-state index in [0.29, 0.717) is 5.69 Å².